The Morgan fingerprint density at radius 2 is 2.15 bits per heavy atom. The molecule has 0 aliphatic heterocycles. The van der Waals surface area contributed by atoms with Gasteiger partial charge in [0.1, 0.15) is 11.5 Å². The van der Waals surface area contributed by atoms with Crippen LogP contribution in [0.5, 0.6) is 11.5 Å². The number of hydrogen-bond acceptors (Lipinski definition) is 3. The molecule has 0 bridgehead atoms. The highest BCUT2D eigenvalue weighted by Crippen LogP contribution is 2.22. The number of aldehydes is 1. The first-order valence-electron chi connectivity index (χ1n) is 4.08. The molecule has 0 amide bonds. The number of phenols is 1. The van der Waals surface area contributed by atoms with Crippen LogP contribution < -0.4 is 4.74 Å². The minimum Gasteiger partial charge on any atom is -0.507 e. The average molecular weight is 180 g/mol. The molecule has 0 radical (unpaired) electrons. The zero-order chi connectivity index (χ0) is 9.84. The maximum atomic E-state index is 10.4. The van der Waals surface area contributed by atoms with Crippen molar-refractivity contribution in [3.8, 4) is 11.5 Å². The van der Waals surface area contributed by atoms with Gasteiger partial charge in [-0.1, -0.05) is 0 Å². The van der Waals surface area contributed by atoms with Gasteiger partial charge in [-0.05, 0) is 26.0 Å². The third kappa shape index (κ3) is 2.47. The second-order valence-electron chi connectivity index (χ2n) is 3.01. The fourth-order valence-corrected chi connectivity index (χ4v) is 0.969. The minimum absolute atomic E-state index is 0.0480. The Labute approximate surface area is 77.0 Å². The molecule has 0 spiro atoms. The Bertz CT molecular complexity index is 305. The van der Waals surface area contributed by atoms with E-state index in [1.165, 1.54) is 12.1 Å². The third-order valence-corrected chi connectivity index (χ3v) is 1.50. The van der Waals surface area contributed by atoms with Gasteiger partial charge in [-0.25, -0.2) is 0 Å². The Hall–Kier alpha value is -1.51. The number of phenolic OH excluding ortho intramolecular Hbond substituents is 1. The molecule has 0 atom stereocenters. The molecule has 1 rings (SSSR count). The summed E-state index contributed by atoms with van der Waals surface area (Å²) in [4.78, 5) is 10.4. The van der Waals surface area contributed by atoms with Crippen LogP contribution in [-0.4, -0.2) is 17.5 Å². The molecule has 0 aromatic heterocycles. The van der Waals surface area contributed by atoms with Crippen molar-refractivity contribution in [3.05, 3.63) is 23.8 Å². The molecule has 0 unspecified atom stereocenters. The average Bonchev–Trinajstić information content (AvgIpc) is 2.03. The summed E-state index contributed by atoms with van der Waals surface area (Å²) >= 11 is 0. The zero-order valence-electron chi connectivity index (χ0n) is 7.65. The molecule has 3 heteroatoms. The van der Waals surface area contributed by atoms with Gasteiger partial charge < -0.3 is 9.84 Å². The van der Waals surface area contributed by atoms with Gasteiger partial charge in [0.05, 0.1) is 11.7 Å². The summed E-state index contributed by atoms with van der Waals surface area (Å²) < 4.78 is 5.32. The Morgan fingerprint density at radius 1 is 1.46 bits per heavy atom. The zero-order valence-corrected chi connectivity index (χ0v) is 7.65. The molecule has 0 heterocycles. The number of aromatic hydroxyl groups is 1. The van der Waals surface area contributed by atoms with E-state index in [-0.39, 0.29) is 17.4 Å². The van der Waals surface area contributed by atoms with Crippen LogP contribution in [0.3, 0.4) is 0 Å². The van der Waals surface area contributed by atoms with E-state index in [0.29, 0.717) is 12.0 Å². The Morgan fingerprint density at radius 3 is 2.62 bits per heavy atom. The molecule has 70 valence electrons. The van der Waals surface area contributed by atoms with E-state index in [2.05, 4.69) is 0 Å². The lowest BCUT2D eigenvalue weighted by Crippen LogP contribution is -2.05. The summed E-state index contributed by atoms with van der Waals surface area (Å²) in [5.41, 5.74) is 0.274. The first kappa shape index (κ1) is 9.58. The highest BCUT2D eigenvalue weighted by atomic mass is 16.5. The first-order valence-corrected chi connectivity index (χ1v) is 4.08. The van der Waals surface area contributed by atoms with Gasteiger partial charge in [-0.3, -0.25) is 4.79 Å². The second-order valence-corrected chi connectivity index (χ2v) is 3.01. The predicted molar refractivity (Wildman–Crippen MR) is 49.3 cm³/mol. The van der Waals surface area contributed by atoms with Crippen LogP contribution in [0.25, 0.3) is 0 Å². The summed E-state index contributed by atoms with van der Waals surface area (Å²) in [6.45, 7) is 3.79. The molecule has 1 aromatic rings. The SMILES string of the molecule is CC(C)Oc1ccc(C=O)c(O)c1. The lowest BCUT2D eigenvalue weighted by atomic mass is 10.2. The molecule has 0 aliphatic carbocycles. The third-order valence-electron chi connectivity index (χ3n) is 1.50. The highest BCUT2D eigenvalue weighted by molar-refractivity contribution is 5.79. The smallest absolute Gasteiger partial charge is 0.153 e. The van der Waals surface area contributed by atoms with Crippen LogP contribution in [-0.2, 0) is 0 Å². The number of hydrogen-bond donors (Lipinski definition) is 1. The number of carbonyl (C=O) groups is 1. The number of rotatable bonds is 3. The van der Waals surface area contributed by atoms with Crippen LogP contribution in [0.4, 0.5) is 0 Å². The number of ether oxygens (including phenoxy) is 1. The molecular weight excluding hydrogens is 168 g/mol. The molecular formula is C10H12O3. The van der Waals surface area contributed by atoms with Gasteiger partial charge in [0.2, 0.25) is 0 Å². The lowest BCUT2D eigenvalue weighted by Gasteiger charge is -2.09. The van der Waals surface area contributed by atoms with Crippen LogP contribution >= 0.6 is 0 Å². The molecule has 1 aromatic carbocycles. The van der Waals surface area contributed by atoms with Crippen molar-refractivity contribution < 1.29 is 14.6 Å². The van der Waals surface area contributed by atoms with Gasteiger partial charge in [0.15, 0.2) is 6.29 Å². The van der Waals surface area contributed by atoms with Crippen molar-refractivity contribution >= 4 is 6.29 Å². The van der Waals surface area contributed by atoms with Gasteiger partial charge in [0.25, 0.3) is 0 Å². The highest BCUT2D eigenvalue weighted by Gasteiger charge is 2.03. The fourth-order valence-electron chi connectivity index (χ4n) is 0.969. The Balaban J connectivity index is 2.89. The van der Waals surface area contributed by atoms with Crippen LogP contribution in [0.2, 0.25) is 0 Å². The van der Waals surface area contributed by atoms with Crippen molar-refractivity contribution in [1.82, 2.24) is 0 Å². The first-order chi connectivity index (χ1) is 6.13. The van der Waals surface area contributed by atoms with Crippen molar-refractivity contribution in [3.63, 3.8) is 0 Å². The molecule has 0 aliphatic rings. The van der Waals surface area contributed by atoms with Crippen LogP contribution in [0, 0.1) is 0 Å². The van der Waals surface area contributed by atoms with E-state index in [0.717, 1.165) is 0 Å². The Kier molecular flexibility index (Phi) is 2.90. The fraction of sp³-hybridized carbons (Fsp3) is 0.300. The summed E-state index contributed by atoms with van der Waals surface area (Å²) in [5, 5.41) is 9.29. The minimum atomic E-state index is -0.0480. The number of carbonyl (C=O) groups excluding carboxylic acids is 1. The van der Waals surface area contributed by atoms with E-state index in [9.17, 15) is 9.90 Å². The lowest BCUT2D eigenvalue weighted by molar-refractivity contribution is 0.112. The molecule has 0 fully saturated rings. The summed E-state index contributed by atoms with van der Waals surface area (Å²) in [6.07, 6.45) is 0.663. The van der Waals surface area contributed by atoms with Crippen molar-refractivity contribution in [2.75, 3.05) is 0 Å². The maximum Gasteiger partial charge on any atom is 0.153 e. The van der Waals surface area contributed by atoms with E-state index in [1.54, 1.807) is 6.07 Å². The van der Waals surface area contributed by atoms with Gasteiger partial charge in [-0.15, -0.1) is 0 Å². The normalized spacial score (nSPS) is 10.1. The van der Waals surface area contributed by atoms with Gasteiger partial charge in [-0.2, -0.15) is 0 Å². The summed E-state index contributed by atoms with van der Waals surface area (Å²) in [6, 6.07) is 4.62. The molecule has 0 saturated heterocycles. The topological polar surface area (TPSA) is 46.5 Å². The molecule has 13 heavy (non-hydrogen) atoms. The summed E-state index contributed by atoms with van der Waals surface area (Å²) in [7, 11) is 0. The van der Waals surface area contributed by atoms with Gasteiger partial charge >= 0.3 is 0 Å². The standard InChI is InChI=1S/C10H12O3/c1-7(2)13-9-4-3-8(6-11)10(12)5-9/h3-7,12H,1-2H3. The quantitative estimate of drug-likeness (QED) is 0.723. The van der Waals surface area contributed by atoms with Crippen LogP contribution in [0.15, 0.2) is 18.2 Å². The van der Waals surface area contributed by atoms with E-state index in [1.807, 2.05) is 13.8 Å². The monoisotopic (exact) mass is 180 g/mol. The predicted octanol–water partition coefficient (Wildman–Crippen LogP) is 1.99. The number of benzene rings is 1. The largest absolute Gasteiger partial charge is 0.507 e. The van der Waals surface area contributed by atoms with E-state index in [4.69, 9.17) is 4.74 Å². The van der Waals surface area contributed by atoms with Crippen LogP contribution in [0.1, 0.15) is 24.2 Å². The second kappa shape index (κ2) is 3.94. The molecule has 1 N–H and O–H groups in total. The van der Waals surface area contributed by atoms with E-state index >= 15 is 0 Å². The van der Waals surface area contributed by atoms with Crippen molar-refractivity contribution in [2.45, 2.75) is 20.0 Å². The van der Waals surface area contributed by atoms with Crippen molar-refractivity contribution in [2.24, 2.45) is 0 Å². The molecule has 3 nitrogen and oxygen atoms in total. The maximum absolute atomic E-state index is 10.4. The molecule has 0 saturated carbocycles. The van der Waals surface area contributed by atoms with E-state index < -0.39 is 0 Å². The van der Waals surface area contributed by atoms with Gasteiger partial charge in [0, 0.05) is 6.07 Å². The van der Waals surface area contributed by atoms with Crippen molar-refractivity contribution in [1.29, 1.82) is 0 Å². The summed E-state index contributed by atoms with van der Waals surface area (Å²) in [5.74, 6) is 0.520.